The maximum absolute atomic E-state index is 14.3. The number of amides is 1. The number of carboxylic acids is 1. The van der Waals surface area contributed by atoms with E-state index in [4.69, 9.17) is 9.84 Å². The predicted octanol–water partition coefficient (Wildman–Crippen LogP) is 3.11. The van der Waals surface area contributed by atoms with Crippen molar-refractivity contribution in [2.45, 2.75) is 30.9 Å². The maximum atomic E-state index is 14.3. The molecule has 0 aliphatic carbocycles. The normalized spacial score (nSPS) is 18.5. The van der Waals surface area contributed by atoms with Gasteiger partial charge in [0, 0.05) is 24.3 Å². The van der Waals surface area contributed by atoms with Gasteiger partial charge in [-0.15, -0.1) is 0 Å². The van der Waals surface area contributed by atoms with Gasteiger partial charge in [0.25, 0.3) is 0 Å². The lowest BCUT2D eigenvalue weighted by Crippen LogP contribution is -2.35. The zero-order valence-corrected chi connectivity index (χ0v) is 16.0. The lowest BCUT2D eigenvalue weighted by atomic mass is 10.0. The van der Waals surface area contributed by atoms with Crippen molar-refractivity contribution in [3.63, 3.8) is 0 Å². The molecule has 1 fully saturated rings. The van der Waals surface area contributed by atoms with Gasteiger partial charge in [0.2, 0.25) is 0 Å². The fraction of sp³-hybridized carbons (Fsp3) is 0.474. The van der Waals surface area contributed by atoms with Crippen LogP contribution in [0, 0.1) is 0 Å². The van der Waals surface area contributed by atoms with Crippen molar-refractivity contribution in [2.24, 2.45) is 0 Å². The van der Waals surface area contributed by atoms with Crippen molar-refractivity contribution >= 4 is 23.8 Å². The molecule has 0 bridgehead atoms. The highest BCUT2D eigenvalue weighted by molar-refractivity contribution is 7.99. The number of rotatable bonds is 11. The van der Waals surface area contributed by atoms with Crippen LogP contribution >= 0.6 is 11.8 Å². The SMILES string of the molecule is O=C(O)CCCSCCN1C(=O)OCC1/C=C/C(O)C(F)(F)c1ccccc1. The van der Waals surface area contributed by atoms with Crippen LogP contribution in [0.3, 0.4) is 0 Å². The van der Waals surface area contributed by atoms with Gasteiger partial charge < -0.3 is 14.9 Å². The zero-order valence-electron chi connectivity index (χ0n) is 15.2. The van der Waals surface area contributed by atoms with E-state index in [0.717, 1.165) is 6.08 Å². The van der Waals surface area contributed by atoms with Crippen LogP contribution < -0.4 is 0 Å². The van der Waals surface area contributed by atoms with E-state index >= 15 is 0 Å². The lowest BCUT2D eigenvalue weighted by Gasteiger charge is -2.22. The number of carboxylic acid groups (broad SMARTS) is 1. The van der Waals surface area contributed by atoms with Crippen LogP contribution in [0.2, 0.25) is 0 Å². The van der Waals surface area contributed by atoms with E-state index in [9.17, 15) is 23.5 Å². The minimum atomic E-state index is -3.45. The summed E-state index contributed by atoms with van der Waals surface area (Å²) in [6.07, 6.45) is 0.420. The van der Waals surface area contributed by atoms with Crippen LogP contribution in [0.25, 0.3) is 0 Å². The number of carbonyl (C=O) groups is 2. The summed E-state index contributed by atoms with van der Waals surface area (Å²) < 4.78 is 33.6. The lowest BCUT2D eigenvalue weighted by molar-refractivity contribution is -0.137. The van der Waals surface area contributed by atoms with Gasteiger partial charge in [-0.25, -0.2) is 4.79 Å². The number of aliphatic carboxylic acids is 1. The molecule has 0 spiro atoms. The van der Waals surface area contributed by atoms with E-state index < -0.39 is 30.1 Å². The van der Waals surface area contributed by atoms with Crippen LogP contribution in [0.1, 0.15) is 18.4 Å². The van der Waals surface area contributed by atoms with Gasteiger partial charge >= 0.3 is 18.0 Å². The van der Waals surface area contributed by atoms with Gasteiger partial charge in [-0.05, 0) is 12.2 Å². The molecule has 0 saturated carbocycles. The second-order valence-corrected chi connectivity index (χ2v) is 7.49. The summed E-state index contributed by atoms with van der Waals surface area (Å²) in [7, 11) is 0. The van der Waals surface area contributed by atoms with Crippen molar-refractivity contribution in [3.05, 3.63) is 48.0 Å². The highest BCUT2D eigenvalue weighted by atomic mass is 32.2. The van der Waals surface area contributed by atoms with Crippen LogP contribution in [-0.4, -0.2) is 64.0 Å². The number of carbonyl (C=O) groups excluding carboxylic acids is 1. The first-order chi connectivity index (χ1) is 13.3. The molecule has 6 nitrogen and oxygen atoms in total. The van der Waals surface area contributed by atoms with Gasteiger partial charge in [-0.2, -0.15) is 20.5 Å². The molecular weight excluding hydrogens is 392 g/mol. The Hall–Kier alpha value is -2.13. The van der Waals surface area contributed by atoms with Crippen molar-refractivity contribution in [3.8, 4) is 0 Å². The largest absolute Gasteiger partial charge is 0.481 e. The highest BCUT2D eigenvalue weighted by Crippen LogP contribution is 2.32. The average Bonchev–Trinajstić information content (AvgIpc) is 3.02. The molecule has 0 radical (unpaired) electrons. The Morgan fingerprint density at radius 3 is 2.75 bits per heavy atom. The molecule has 28 heavy (non-hydrogen) atoms. The Morgan fingerprint density at radius 1 is 1.36 bits per heavy atom. The Morgan fingerprint density at radius 2 is 2.07 bits per heavy atom. The third kappa shape index (κ3) is 6.20. The topological polar surface area (TPSA) is 87.1 Å². The van der Waals surface area contributed by atoms with E-state index in [2.05, 4.69) is 0 Å². The molecule has 2 atom stereocenters. The Balaban J connectivity index is 1.87. The highest BCUT2D eigenvalue weighted by Gasteiger charge is 2.39. The smallest absolute Gasteiger partial charge is 0.410 e. The third-order valence-electron chi connectivity index (χ3n) is 4.21. The fourth-order valence-corrected chi connectivity index (χ4v) is 3.54. The second-order valence-electron chi connectivity index (χ2n) is 6.27. The number of benzene rings is 1. The molecule has 2 rings (SSSR count). The van der Waals surface area contributed by atoms with Crippen LogP contribution in [0.5, 0.6) is 0 Å². The average molecular weight is 415 g/mol. The number of hydrogen-bond donors (Lipinski definition) is 2. The molecule has 9 heteroatoms. The Bertz CT molecular complexity index is 686. The van der Waals surface area contributed by atoms with Gasteiger partial charge in [-0.3, -0.25) is 9.69 Å². The minimum Gasteiger partial charge on any atom is -0.481 e. The van der Waals surface area contributed by atoms with Gasteiger partial charge in [0.15, 0.2) is 0 Å². The molecule has 1 aliphatic rings. The minimum absolute atomic E-state index is 0.0304. The molecular formula is C19H23F2NO5S. The molecule has 1 heterocycles. The summed E-state index contributed by atoms with van der Waals surface area (Å²) in [5.74, 6) is -3.08. The van der Waals surface area contributed by atoms with Crippen molar-refractivity contribution in [1.82, 2.24) is 4.90 Å². The quantitative estimate of drug-likeness (QED) is 0.427. The fourth-order valence-electron chi connectivity index (χ4n) is 2.66. The van der Waals surface area contributed by atoms with Crippen LogP contribution in [-0.2, 0) is 15.5 Å². The summed E-state index contributed by atoms with van der Waals surface area (Å²) >= 11 is 1.51. The predicted molar refractivity (Wildman–Crippen MR) is 102 cm³/mol. The molecule has 2 N–H and O–H groups in total. The number of alkyl halides is 2. The molecule has 1 aliphatic heterocycles. The van der Waals surface area contributed by atoms with Crippen molar-refractivity contribution < 1.29 is 33.3 Å². The monoisotopic (exact) mass is 415 g/mol. The molecule has 0 aromatic heterocycles. The Kier molecular flexibility index (Phi) is 8.25. The number of hydrogen-bond acceptors (Lipinski definition) is 5. The second kappa shape index (κ2) is 10.4. The van der Waals surface area contributed by atoms with Gasteiger partial charge in [-0.1, -0.05) is 42.5 Å². The maximum Gasteiger partial charge on any atom is 0.410 e. The first-order valence-electron chi connectivity index (χ1n) is 8.85. The molecule has 1 saturated heterocycles. The summed E-state index contributed by atoms with van der Waals surface area (Å²) in [5, 5.41) is 18.5. The number of cyclic esters (lactones) is 1. The summed E-state index contributed by atoms with van der Waals surface area (Å²) in [6, 6.07) is 6.51. The molecule has 1 amide bonds. The molecule has 2 unspecified atom stereocenters. The van der Waals surface area contributed by atoms with Gasteiger partial charge in [0.1, 0.15) is 12.7 Å². The van der Waals surface area contributed by atoms with Crippen molar-refractivity contribution in [2.75, 3.05) is 24.7 Å². The standard InChI is InChI=1S/C19H23F2NO5S/c20-19(21,14-5-2-1-3-6-14)16(23)9-8-15-13-27-18(26)22(15)10-12-28-11-4-7-17(24)25/h1-3,5-6,8-9,15-16,23H,4,7,10-13H2,(H,24,25)/b9-8+. The number of ether oxygens (including phenoxy) is 1. The van der Waals surface area contributed by atoms with E-state index in [1.54, 1.807) is 6.07 Å². The molecule has 1 aromatic rings. The van der Waals surface area contributed by atoms with E-state index in [-0.39, 0.29) is 18.6 Å². The van der Waals surface area contributed by atoms with Crippen LogP contribution in [0.4, 0.5) is 13.6 Å². The van der Waals surface area contributed by atoms with E-state index in [1.807, 2.05) is 0 Å². The number of thioether (sulfide) groups is 1. The van der Waals surface area contributed by atoms with Crippen molar-refractivity contribution in [1.29, 1.82) is 0 Å². The zero-order chi connectivity index (χ0) is 20.6. The van der Waals surface area contributed by atoms with Crippen LogP contribution in [0.15, 0.2) is 42.5 Å². The van der Waals surface area contributed by atoms with E-state index in [1.165, 1.54) is 47.0 Å². The summed E-state index contributed by atoms with van der Waals surface area (Å²) in [5.41, 5.74) is -0.291. The third-order valence-corrected chi connectivity index (χ3v) is 5.26. The van der Waals surface area contributed by atoms with E-state index in [0.29, 0.717) is 24.5 Å². The summed E-state index contributed by atoms with van der Waals surface area (Å²) in [6.45, 7) is 0.374. The Labute approximate surface area is 166 Å². The molecule has 154 valence electrons. The number of halogens is 2. The number of aliphatic hydroxyl groups is 1. The first-order valence-corrected chi connectivity index (χ1v) is 10.0. The number of aliphatic hydroxyl groups excluding tert-OH is 1. The number of nitrogens with zero attached hydrogens (tertiary/aromatic N) is 1. The summed E-state index contributed by atoms with van der Waals surface area (Å²) in [4.78, 5) is 23.7. The van der Waals surface area contributed by atoms with Gasteiger partial charge in [0.05, 0.1) is 6.04 Å². The molecule has 1 aromatic carbocycles. The first kappa shape index (κ1) is 22.2.